The number of carbonyl (C=O) groups excluding carboxylic acids is 1. The Morgan fingerprint density at radius 3 is 2.36 bits per heavy atom. The van der Waals surface area contributed by atoms with Crippen LogP contribution in [-0.4, -0.2) is 12.6 Å². The maximum atomic E-state index is 11.3. The van der Waals surface area contributed by atoms with E-state index in [0.29, 0.717) is 6.61 Å². The summed E-state index contributed by atoms with van der Waals surface area (Å²) in [6.45, 7) is 10.9. The number of hydrogen-bond acceptors (Lipinski definition) is 2. The van der Waals surface area contributed by atoms with Crippen LogP contribution in [0.3, 0.4) is 0 Å². The monoisotopic (exact) mass is 198 g/mol. The van der Waals surface area contributed by atoms with Crippen molar-refractivity contribution >= 4 is 5.97 Å². The van der Waals surface area contributed by atoms with Gasteiger partial charge in [-0.1, -0.05) is 33.3 Å². The fourth-order valence-corrected chi connectivity index (χ4v) is 0.895. The molecule has 0 saturated heterocycles. The second-order valence-electron chi connectivity index (χ2n) is 4.23. The van der Waals surface area contributed by atoms with E-state index in [1.54, 1.807) is 6.08 Å². The van der Waals surface area contributed by atoms with Crippen LogP contribution in [0.1, 0.15) is 47.5 Å². The Hall–Kier alpha value is -0.790. The maximum Gasteiger partial charge on any atom is 0.330 e. The molecule has 0 heterocycles. The fraction of sp³-hybridized carbons (Fsp3) is 0.750. The Labute approximate surface area is 87.3 Å². The molecule has 0 aromatic carbocycles. The van der Waals surface area contributed by atoms with Crippen LogP contribution < -0.4 is 0 Å². The summed E-state index contributed by atoms with van der Waals surface area (Å²) in [5, 5.41) is 0. The molecule has 0 aromatic rings. The summed E-state index contributed by atoms with van der Waals surface area (Å²) in [7, 11) is 0. The fourth-order valence-electron chi connectivity index (χ4n) is 0.895. The standard InChI is InChI=1S/C12H22O2/c1-6-8-14-11(13)9-10(3)12(4,5)7-2/h9H,6-8H2,1-5H3. The van der Waals surface area contributed by atoms with Gasteiger partial charge in [0.15, 0.2) is 0 Å². The van der Waals surface area contributed by atoms with Crippen LogP contribution in [-0.2, 0) is 9.53 Å². The van der Waals surface area contributed by atoms with E-state index in [-0.39, 0.29) is 11.4 Å². The first-order valence-corrected chi connectivity index (χ1v) is 5.29. The number of esters is 1. The normalized spacial score (nSPS) is 12.8. The molecular weight excluding hydrogens is 176 g/mol. The molecule has 0 N–H and O–H groups in total. The molecule has 0 spiro atoms. The van der Waals surface area contributed by atoms with Crippen molar-refractivity contribution in [2.24, 2.45) is 5.41 Å². The zero-order valence-corrected chi connectivity index (χ0v) is 10.0. The first-order chi connectivity index (χ1) is 6.44. The Balaban J connectivity index is 4.29. The van der Waals surface area contributed by atoms with Crippen LogP contribution >= 0.6 is 0 Å². The molecule has 2 nitrogen and oxygen atoms in total. The van der Waals surface area contributed by atoms with Gasteiger partial charge in [0.2, 0.25) is 0 Å². The van der Waals surface area contributed by atoms with E-state index in [1.807, 2.05) is 13.8 Å². The van der Waals surface area contributed by atoms with Gasteiger partial charge < -0.3 is 4.74 Å². The van der Waals surface area contributed by atoms with Gasteiger partial charge in [-0.15, -0.1) is 0 Å². The van der Waals surface area contributed by atoms with E-state index in [4.69, 9.17) is 4.74 Å². The lowest BCUT2D eigenvalue weighted by Gasteiger charge is -2.23. The smallest absolute Gasteiger partial charge is 0.330 e. The lowest BCUT2D eigenvalue weighted by atomic mass is 9.82. The molecule has 0 aliphatic heterocycles. The van der Waals surface area contributed by atoms with Crippen LogP contribution in [0, 0.1) is 5.41 Å². The third kappa shape index (κ3) is 4.45. The van der Waals surface area contributed by atoms with E-state index in [1.165, 1.54) is 0 Å². The van der Waals surface area contributed by atoms with E-state index >= 15 is 0 Å². The number of ether oxygens (including phenoxy) is 1. The molecule has 0 unspecified atom stereocenters. The highest BCUT2D eigenvalue weighted by Crippen LogP contribution is 2.29. The zero-order chi connectivity index (χ0) is 11.2. The summed E-state index contributed by atoms with van der Waals surface area (Å²) in [5.41, 5.74) is 1.17. The van der Waals surface area contributed by atoms with E-state index in [2.05, 4.69) is 20.8 Å². The van der Waals surface area contributed by atoms with E-state index < -0.39 is 0 Å². The number of hydrogen-bond donors (Lipinski definition) is 0. The van der Waals surface area contributed by atoms with Crippen LogP contribution in [0.25, 0.3) is 0 Å². The van der Waals surface area contributed by atoms with Crippen molar-refractivity contribution in [3.63, 3.8) is 0 Å². The van der Waals surface area contributed by atoms with E-state index in [9.17, 15) is 4.79 Å². The van der Waals surface area contributed by atoms with E-state index in [0.717, 1.165) is 18.4 Å². The summed E-state index contributed by atoms with van der Waals surface area (Å²) < 4.78 is 4.99. The molecule has 0 radical (unpaired) electrons. The van der Waals surface area contributed by atoms with Gasteiger partial charge in [0.05, 0.1) is 6.61 Å². The van der Waals surface area contributed by atoms with Gasteiger partial charge in [-0.05, 0) is 25.2 Å². The molecule has 0 aromatic heterocycles. The molecule has 0 saturated carbocycles. The average molecular weight is 198 g/mol. The molecule has 0 aliphatic rings. The lowest BCUT2D eigenvalue weighted by Crippen LogP contribution is -2.13. The Morgan fingerprint density at radius 2 is 1.93 bits per heavy atom. The minimum absolute atomic E-state index is 0.0885. The SMILES string of the molecule is CCCOC(=O)C=C(C)C(C)(C)CC. The van der Waals surface area contributed by atoms with Gasteiger partial charge in [0, 0.05) is 6.08 Å². The highest BCUT2D eigenvalue weighted by molar-refractivity contribution is 5.82. The summed E-state index contributed by atoms with van der Waals surface area (Å²) in [4.78, 5) is 11.3. The van der Waals surface area contributed by atoms with Gasteiger partial charge in [0.25, 0.3) is 0 Å². The van der Waals surface area contributed by atoms with Crippen molar-refractivity contribution in [3.05, 3.63) is 11.6 Å². The van der Waals surface area contributed by atoms with Crippen LogP contribution in [0.2, 0.25) is 0 Å². The molecule has 0 aliphatic carbocycles. The molecule has 0 amide bonds. The first kappa shape index (κ1) is 13.2. The number of allylic oxidation sites excluding steroid dienone is 1. The number of rotatable bonds is 5. The predicted octanol–water partition coefficient (Wildman–Crippen LogP) is 3.32. The molecular formula is C12H22O2. The van der Waals surface area contributed by atoms with Gasteiger partial charge in [-0.25, -0.2) is 4.79 Å². The van der Waals surface area contributed by atoms with Crippen LogP contribution in [0.15, 0.2) is 11.6 Å². The zero-order valence-electron chi connectivity index (χ0n) is 10.0. The van der Waals surface area contributed by atoms with Crippen molar-refractivity contribution in [3.8, 4) is 0 Å². The second-order valence-corrected chi connectivity index (χ2v) is 4.23. The third-order valence-corrected chi connectivity index (χ3v) is 2.73. The summed E-state index contributed by atoms with van der Waals surface area (Å²) in [5.74, 6) is -0.217. The molecule has 82 valence electrons. The molecule has 0 bridgehead atoms. The van der Waals surface area contributed by atoms with Gasteiger partial charge in [-0.2, -0.15) is 0 Å². The topological polar surface area (TPSA) is 26.3 Å². The first-order valence-electron chi connectivity index (χ1n) is 5.29. The predicted molar refractivity (Wildman–Crippen MR) is 59.1 cm³/mol. The largest absolute Gasteiger partial charge is 0.463 e. The second kappa shape index (κ2) is 5.84. The summed E-state index contributed by atoms with van der Waals surface area (Å²) >= 11 is 0. The van der Waals surface area contributed by atoms with Crippen molar-refractivity contribution < 1.29 is 9.53 Å². The van der Waals surface area contributed by atoms with Gasteiger partial charge in [0.1, 0.15) is 0 Å². The Kier molecular flexibility index (Phi) is 5.51. The van der Waals surface area contributed by atoms with Crippen molar-refractivity contribution in [2.75, 3.05) is 6.61 Å². The van der Waals surface area contributed by atoms with Crippen molar-refractivity contribution in [1.82, 2.24) is 0 Å². The Morgan fingerprint density at radius 1 is 1.36 bits per heavy atom. The van der Waals surface area contributed by atoms with Crippen LogP contribution in [0.4, 0.5) is 0 Å². The number of carbonyl (C=O) groups is 1. The minimum atomic E-state index is -0.217. The summed E-state index contributed by atoms with van der Waals surface area (Å²) in [6.07, 6.45) is 3.51. The third-order valence-electron chi connectivity index (χ3n) is 2.73. The molecule has 2 heteroatoms. The van der Waals surface area contributed by atoms with Crippen molar-refractivity contribution in [2.45, 2.75) is 47.5 Å². The highest BCUT2D eigenvalue weighted by atomic mass is 16.5. The molecule has 0 rings (SSSR count). The maximum absolute atomic E-state index is 11.3. The molecule has 14 heavy (non-hydrogen) atoms. The minimum Gasteiger partial charge on any atom is -0.463 e. The molecule has 0 fully saturated rings. The van der Waals surface area contributed by atoms with Gasteiger partial charge in [-0.3, -0.25) is 0 Å². The van der Waals surface area contributed by atoms with Crippen LogP contribution in [0.5, 0.6) is 0 Å². The Bertz CT molecular complexity index is 214. The van der Waals surface area contributed by atoms with Gasteiger partial charge >= 0.3 is 5.97 Å². The van der Waals surface area contributed by atoms with Crippen molar-refractivity contribution in [1.29, 1.82) is 0 Å². The summed E-state index contributed by atoms with van der Waals surface area (Å²) in [6, 6.07) is 0. The lowest BCUT2D eigenvalue weighted by molar-refractivity contribution is -0.137. The molecule has 0 atom stereocenters. The highest BCUT2D eigenvalue weighted by Gasteiger charge is 2.18. The average Bonchev–Trinajstić information content (AvgIpc) is 2.14. The quantitative estimate of drug-likeness (QED) is 0.500.